The van der Waals surface area contributed by atoms with E-state index in [1.54, 1.807) is 43.3 Å². The van der Waals surface area contributed by atoms with E-state index in [0.29, 0.717) is 16.3 Å². The van der Waals surface area contributed by atoms with Gasteiger partial charge in [0.2, 0.25) is 0 Å². The van der Waals surface area contributed by atoms with Gasteiger partial charge in [0, 0.05) is 17.6 Å². The number of nitrogens with one attached hydrogen (secondary N) is 2. The third kappa shape index (κ3) is 5.56. The maximum absolute atomic E-state index is 12.8. The van der Waals surface area contributed by atoms with Crippen molar-refractivity contribution < 1.29 is 18.4 Å². The van der Waals surface area contributed by atoms with Crippen molar-refractivity contribution in [2.45, 2.75) is 24.8 Å². The smallest absolute Gasteiger partial charge is 0.293 e. The number of hydrogen-bond acceptors (Lipinski definition) is 6. The Kier molecular flexibility index (Phi) is 7.02. The zero-order valence-corrected chi connectivity index (χ0v) is 18.9. The molecule has 0 aliphatic carbocycles. The lowest BCUT2D eigenvalue weighted by atomic mass is 10.1. The maximum Gasteiger partial charge on any atom is 0.293 e. The average Bonchev–Trinajstić information content (AvgIpc) is 2.74. The summed E-state index contributed by atoms with van der Waals surface area (Å²) in [4.78, 5) is 10.7. The molecule has 3 N–H and O–H groups in total. The SMILES string of the molecule is Cc1ccc(NS(=O)(=O)c2ccc(NCC(O)c3ccc(Cl)cc3)c([N+](=O)[O-])c2)c(C)c1. The minimum Gasteiger partial charge on any atom is -0.387 e. The van der Waals surface area contributed by atoms with E-state index in [1.807, 2.05) is 13.0 Å². The highest BCUT2D eigenvalue weighted by Crippen LogP contribution is 2.30. The monoisotopic (exact) mass is 475 g/mol. The molecular weight excluding hydrogens is 454 g/mol. The van der Waals surface area contributed by atoms with Crippen molar-refractivity contribution >= 4 is 38.7 Å². The number of aryl methyl sites for hydroxylation is 2. The van der Waals surface area contributed by atoms with Crippen molar-refractivity contribution in [1.82, 2.24) is 0 Å². The van der Waals surface area contributed by atoms with Crippen LogP contribution in [-0.2, 0) is 10.0 Å². The molecule has 168 valence electrons. The van der Waals surface area contributed by atoms with E-state index in [-0.39, 0.29) is 17.1 Å². The van der Waals surface area contributed by atoms with Gasteiger partial charge in [0.1, 0.15) is 5.69 Å². The minimum absolute atomic E-state index is 0.0185. The predicted molar refractivity (Wildman–Crippen MR) is 125 cm³/mol. The fourth-order valence-corrected chi connectivity index (χ4v) is 4.40. The number of anilines is 2. The lowest BCUT2D eigenvalue weighted by Crippen LogP contribution is -2.16. The summed E-state index contributed by atoms with van der Waals surface area (Å²) in [5.41, 5.74) is 2.37. The molecule has 0 heterocycles. The van der Waals surface area contributed by atoms with Crippen LogP contribution in [0.5, 0.6) is 0 Å². The van der Waals surface area contributed by atoms with Crippen molar-refractivity contribution in [3.63, 3.8) is 0 Å². The lowest BCUT2D eigenvalue weighted by molar-refractivity contribution is -0.384. The van der Waals surface area contributed by atoms with E-state index in [2.05, 4.69) is 10.0 Å². The first-order chi connectivity index (χ1) is 15.1. The molecule has 32 heavy (non-hydrogen) atoms. The number of sulfonamides is 1. The van der Waals surface area contributed by atoms with Gasteiger partial charge in [0.05, 0.1) is 21.6 Å². The Labute approximate surface area is 191 Å². The van der Waals surface area contributed by atoms with Gasteiger partial charge in [-0.3, -0.25) is 14.8 Å². The number of nitro groups is 1. The lowest BCUT2D eigenvalue weighted by Gasteiger charge is -2.15. The summed E-state index contributed by atoms with van der Waals surface area (Å²) < 4.78 is 28.1. The summed E-state index contributed by atoms with van der Waals surface area (Å²) in [7, 11) is -4.04. The molecule has 0 saturated heterocycles. The van der Waals surface area contributed by atoms with Gasteiger partial charge >= 0.3 is 0 Å². The van der Waals surface area contributed by atoms with Gasteiger partial charge in [-0.05, 0) is 55.3 Å². The average molecular weight is 476 g/mol. The number of halogens is 1. The van der Waals surface area contributed by atoms with Crippen molar-refractivity contribution in [2.75, 3.05) is 16.6 Å². The molecule has 1 unspecified atom stereocenters. The highest BCUT2D eigenvalue weighted by molar-refractivity contribution is 7.92. The molecule has 0 aromatic heterocycles. The van der Waals surface area contributed by atoms with Crippen molar-refractivity contribution in [1.29, 1.82) is 0 Å². The molecule has 1 atom stereocenters. The molecule has 3 aromatic rings. The second kappa shape index (κ2) is 9.56. The number of benzene rings is 3. The van der Waals surface area contributed by atoms with Gasteiger partial charge in [-0.15, -0.1) is 0 Å². The van der Waals surface area contributed by atoms with E-state index in [9.17, 15) is 23.6 Å². The quantitative estimate of drug-likeness (QED) is 0.317. The van der Waals surface area contributed by atoms with E-state index in [0.717, 1.165) is 17.2 Å². The van der Waals surface area contributed by atoms with E-state index < -0.39 is 26.7 Å². The van der Waals surface area contributed by atoms with Crippen LogP contribution in [0.15, 0.2) is 65.6 Å². The third-order valence-corrected chi connectivity index (χ3v) is 6.46. The molecule has 0 fully saturated rings. The van der Waals surface area contributed by atoms with Crippen LogP contribution in [0.1, 0.15) is 22.8 Å². The molecule has 0 amide bonds. The van der Waals surface area contributed by atoms with Gasteiger partial charge in [0.15, 0.2) is 0 Å². The van der Waals surface area contributed by atoms with Crippen LogP contribution in [-0.4, -0.2) is 25.0 Å². The van der Waals surface area contributed by atoms with Gasteiger partial charge in [-0.1, -0.05) is 41.4 Å². The minimum atomic E-state index is -4.04. The van der Waals surface area contributed by atoms with Gasteiger partial charge in [0.25, 0.3) is 15.7 Å². The van der Waals surface area contributed by atoms with Gasteiger partial charge < -0.3 is 10.4 Å². The molecule has 0 saturated carbocycles. The molecule has 10 heteroatoms. The van der Waals surface area contributed by atoms with Crippen LogP contribution < -0.4 is 10.0 Å². The molecule has 3 aromatic carbocycles. The van der Waals surface area contributed by atoms with Crippen molar-refractivity contribution in [3.05, 3.63) is 92.5 Å². The summed E-state index contributed by atoms with van der Waals surface area (Å²) in [5, 5.41) is 25.2. The highest BCUT2D eigenvalue weighted by atomic mass is 35.5. The zero-order chi connectivity index (χ0) is 23.5. The second-order valence-electron chi connectivity index (χ2n) is 7.31. The summed E-state index contributed by atoms with van der Waals surface area (Å²) in [5.74, 6) is 0. The number of rotatable bonds is 8. The molecule has 0 spiro atoms. The summed E-state index contributed by atoms with van der Waals surface area (Å²) in [6.45, 7) is 3.64. The fraction of sp³-hybridized carbons (Fsp3) is 0.182. The summed E-state index contributed by atoms with van der Waals surface area (Å²) in [6.07, 6.45) is -0.943. The third-order valence-electron chi connectivity index (χ3n) is 4.84. The molecule has 8 nitrogen and oxygen atoms in total. The Morgan fingerprint density at radius 2 is 1.69 bits per heavy atom. The molecule has 0 radical (unpaired) electrons. The Morgan fingerprint density at radius 3 is 2.31 bits per heavy atom. The number of hydrogen-bond donors (Lipinski definition) is 3. The van der Waals surface area contributed by atoms with Gasteiger partial charge in [-0.2, -0.15) is 0 Å². The number of aliphatic hydroxyl groups excluding tert-OH is 1. The second-order valence-corrected chi connectivity index (χ2v) is 9.43. The summed E-state index contributed by atoms with van der Waals surface area (Å²) >= 11 is 5.84. The van der Waals surface area contributed by atoms with Crippen LogP contribution in [0.3, 0.4) is 0 Å². The largest absolute Gasteiger partial charge is 0.387 e. The first kappa shape index (κ1) is 23.5. The fourth-order valence-electron chi connectivity index (χ4n) is 3.12. The Bertz CT molecular complexity index is 1250. The van der Waals surface area contributed by atoms with Crippen LogP contribution >= 0.6 is 11.6 Å². The normalized spacial score (nSPS) is 12.2. The van der Waals surface area contributed by atoms with Crippen molar-refractivity contribution in [3.8, 4) is 0 Å². The van der Waals surface area contributed by atoms with Crippen LogP contribution in [0, 0.1) is 24.0 Å². The Morgan fingerprint density at radius 1 is 1.03 bits per heavy atom. The Balaban J connectivity index is 1.82. The molecule has 0 aliphatic rings. The zero-order valence-electron chi connectivity index (χ0n) is 17.4. The molecule has 0 aliphatic heterocycles. The van der Waals surface area contributed by atoms with E-state index in [1.165, 1.54) is 12.1 Å². The van der Waals surface area contributed by atoms with E-state index in [4.69, 9.17) is 11.6 Å². The van der Waals surface area contributed by atoms with Crippen LogP contribution in [0.25, 0.3) is 0 Å². The summed E-state index contributed by atoms with van der Waals surface area (Å²) in [6, 6.07) is 15.4. The number of nitro benzene ring substituents is 1. The number of nitrogens with zero attached hydrogens (tertiary/aromatic N) is 1. The first-order valence-corrected chi connectivity index (χ1v) is 11.5. The predicted octanol–water partition coefficient (Wildman–Crippen LogP) is 4.81. The molecule has 3 rings (SSSR count). The molecule has 0 bridgehead atoms. The highest BCUT2D eigenvalue weighted by Gasteiger charge is 2.22. The van der Waals surface area contributed by atoms with Crippen molar-refractivity contribution in [2.24, 2.45) is 0 Å². The Hall–Kier alpha value is -3.14. The first-order valence-electron chi connectivity index (χ1n) is 9.63. The molecular formula is C22H22ClN3O5S. The van der Waals surface area contributed by atoms with E-state index >= 15 is 0 Å². The van der Waals surface area contributed by atoms with Crippen LogP contribution in [0.2, 0.25) is 5.02 Å². The number of aliphatic hydroxyl groups is 1. The van der Waals surface area contributed by atoms with Gasteiger partial charge in [-0.25, -0.2) is 8.42 Å². The van der Waals surface area contributed by atoms with Crippen LogP contribution in [0.4, 0.5) is 17.1 Å². The maximum atomic E-state index is 12.8. The topological polar surface area (TPSA) is 122 Å². The standard InChI is InChI=1S/C22H22ClN3O5S/c1-14-3-9-19(15(2)11-14)25-32(30,31)18-8-10-20(21(12-18)26(28)29)24-13-22(27)16-4-6-17(23)7-5-16/h3-12,22,24-25,27H,13H2,1-2H3.